The van der Waals surface area contributed by atoms with E-state index in [0.717, 1.165) is 16.7 Å². The van der Waals surface area contributed by atoms with Gasteiger partial charge in [-0.25, -0.2) is 0 Å². The molecular formula is C11H19N3O2Si. The Morgan fingerprint density at radius 3 is 2.65 bits per heavy atom. The second kappa shape index (κ2) is 4.27. The molecule has 0 aromatic carbocycles. The molecule has 4 N–H and O–H groups in total. The smallest absolute Gasteiger partial charge is 0.225 e. The molecule has 0 unspecified atom stereocenters. The Kier molecular flexibility index (Phi) is 3.09. The molecule has 1 saturated carbocycles. The van der Waals surface area contributed by atoms with Gasteiger partial charge in [0.25, 0.3) is 0 Å². The fourth-order valence-electron chi connectivity index (χ4n) is 2.51. The number of carbonyl (C=O) groups excluding carboxylic acids is 2. The summed E-state index contributed by atoms with van der Waals surface area (Å²) in [5.74, 6) is -0.725. The highest BCUT2D eigenvalue weighted by molar-refractivity contribution is 6.19. The molecule has 0 aromatic rings. The molecule has 2 aliphatic rings. The van der Waals surface area contributed by atoms with Crippen LogP contribution in [0.15, 0.2) is 12.7 Å². The quantitative estimate of drug-likeness (QED) is 0.389. The maximum atomic E-state index is 12.1. The van der Waals surface area contributed by atoms with Crippen LogP contribution in [0.25, 0.3) is 0 Å². The molecule has 6 heteroatoms. The summed E-state index contributed by atoms with van der Waals surface area (Å²) in [4.78, 5) is 23.3. The number of primary amides is 1. The molecule has 4 atom stereocenters. The largest absolute Gasteiger partial charge is 0.369 e. The van der Waals surface area contributed by atoms with Crippen LogP contribution < -0.4 is 16.4 Å². The lowest BCUT2D eigenvalue weighted by molar-refractivity contribution is -0.131. The Morgan fingerprint density at radius 2 is 2.12 bits per heavy atom. The SMILES string of the molecule is C=C[C@H]1C[C@]1([SiH3])NC(=O)[C@@H]1CNC[C@H]1C(N)=O. The van der Waals surface area contributed by atoms with Gasteiger partial charge in [-0.05, 0) is 12.3 Å². The van der Waals surface area contributed by atoms with E-state index in [1.165, 1.54) is 0 Å². The van der Waals surface area contributed by atoms with Crippen LogP contribution in [0.3, 0.4) is 0 Å². The molecule has 0 radical (unpaired) electrons. The summed E-state index contributed by atoms with van der Waals surface area (Å²) in [6.07, 6.45) is 2.88. The monoisotopic (exact) mass is 253 g/mol. The summed E-state index contributed by atoms with van der Waals surface area (Å²) in [7, 11) is 0.901. The highest BCUT2D eigenvalue weighted by atomic mass is 28.1. The van der Waals surface area contributed by atoms with Crippen LogP contribution in [0.4, 0.5) is 0 Å². The van der Waals surface area contributed by atoms with E-state index >= 15 is 0 Å². The lowest BCUT2D eigenvalue weighted by Crippen LogP contribution is -2.46. The molecule has 17 heavy (non-hydrogen) atoms. The first-order valence-corrected chi connectivity index (χ1v) is 6.92. The first-order chi connectivity index (χ1) is 7.98. The number of hydrogen-bond acceptors (Lipinski definition) is 3. The Labute approximate surface area is 104 Å². The molecule has 1 heterocycles. The fourth-order valence-corrected chi connectivity index (χ4v) is 3.43. The van der Waals surface area contributed by atoms with Crippen LogP contribution >= 0.6 is 0 Å². The molecule has 2 fully saturated rings. The van der Waals surface area contributed by atoms with Gasteiger partial charge >= 0.3 is 0 Å². The van der Waals surface area contributed by atoms with Crippen molar-refractivity contribution in [2.45, 2.75) is 11.6 Å². The Balaban J connectivity index is 1.96. The van der Waals surface area contributed by atoms with E-state index in [2.05, 4.69) is 17.2 Å². The second-order valence-corrected chi connectivity index (χ2v) is 7.01. The fraction of sp³-hybridized carbons (Fsp3) is 0.636. The van der Waals surface area contributed by atoms with Gasteiger partial charge in [-0.1, -0.05) is 6.08 Å². The first kappa shape index (κ1) is 12.3. The van der Waals surface area contributed by atoms with Gasteiger partial charge in [0.15, 0.2) is 0 Å². The zero-order chi connectivity index (χ0) is 12.6. The maximum absolute atomic E-state index is 12.1. The first-order valence-electron chi connectivity index (χ1n) is 5.92. The van der Waals surface area contributed by atoms with Gasteiger partial charge in [-0.3, -0.25) is 9.59 Å². The summed E-state index contributed by atoms with van der Waals surface area (Å²) < 4.78 is 0. The molecule has 1 aliphatic carbocycles. The van der Waals surface area contributed by atoms with Gasteiger partial charge in [0.2, 0.25) is 11.8 Å². The summed E-state index contributed by atoms with van der Waals surface area (Å²) in [6.45, 7) is 4.79. The zero-order valence-corrected chi connectivity index (χ0v) is 12.0. The van der Waals surface area contributed by atoms with Crippen LogP contribution in [0, 0.1) is 17.8 Å². The van der Waals surface area contributed by atoms with Crippen LogP contribution in [0.2, 0.25) is 0 Å². The molecule has 94 valence electrons. The van der Waals surface area contributed by atoms with Crippen LogP contribution in [0.5, 0.6) is 0 Å². The topological polar surface area (TPSA) is 84.2 Å². The lowest BCUT2D eigenvalue weighted by atomic mass is 9.94. The molecule has 0 aromatic heterocycles. The van der Waals surface area contributed by atoms with Gasteiger partial charge in [0.05, 0.1) is 11.8 Å². The summed E-state index contributed by atoms with van der Waals surface area (Å²) in [6, 6.07) is 0. The van der Waals surface area contributed by atoms with Crippen molar-refractivity contribution in [3.63, 3.8) is 0 Å². The number of hydrogen-bond donors (Lipinski definition) is 3. The average Bonchev–Trinajstić information content (AvgIpc) is 2.74. The lowest BCUT2D eigenvalue weighted by Gasteiger charge is -2.19. The van der Waals surface area contributed by atoms with Gasteiger partial charge in [-0.2, -0.15) is 0 Å². The Bertz CT molecular complexity index is 374. The molecular weight excluding hydrogens is 234 g/mol. The Hall–Kier alpha value is -1.14. The summed E-state index contributed by atoms with van der Waals surface area (Å²) in [5.41, 5.74) is 5.29. The van der Waals surface area contributed by atoms with Crippen LogP contribution in [-0.2, 0) is 9.59 Å². The molecule has 1 aliphatic heterocycles. The van der Waals surface area contributed by atoms with Gasteiger partial charge < -0.3 is 16.4 Å². The van der Waals surface area contributed by atoms with E-state index in [9.17, 15) is 9.59 Å². The predicted molar refractivity (Wildman–Crippen MR) is 68.2 cm³/mol. The zero-order valence-electron chi connectivity index (χ0n) is 10.0. The highest BCUT2D eigenvalue weighted by Crippen LogP contribution is 2.41. The van der Waals surface area contributed by atoms with Crippen molar-refractivity contribution in [3.05, 3.63) is 12.7 Å². The van der Waals surface area contributed by atoms with Crippen molar-refractivity contribution in [1.29, 1.82) is 0 Å². The molecule has 5 nitrogen and oxygen atoms in total. The predicted octanol–water partition coefficient (Wildman–Crippen LogP) is -2.31. The minimum absolute atomic E-state index is 0.0381. The van der Waals surface area contributed by atoms with Crippen molar-refractivity contribution in [2.24, 2.45) is 23.5 Å². The van der Waals surface area contributed by atoms with Crippen molar-refractivity contribution >= 4 is 22.1 Å². The molecule has 2 rings (SSSR count). The summed E-state index contributed by atoms with van der Waals surface area (Å²) in [5, 5.41) is 6.07. The van der Waals surface area contributed by atoms with E-state index in [1.807, 2.05) is 6.08 Å². The molecule has 2 amide bonds. The number of nitrogens with one attached hydrogen (secondary N) is 2. The molecule has 1 saturated heterocycles. The van der Waals surface area contributed by atoms with Crippen LogP contribution in [-0.4, -0.2) is 40.3 Å². The number of nitrogens with two attached hydrogens (primary N) is 1. The van der Waals surface area contributed by atoms with Crippen molar-refractivity contribution < 1.29 is 9.59 Å². The van der Waals surface area contributed by atoms with Crippen LogP contribution in [0.1, 0.15) is 6.42 Å². The third kappa shape index (κ3) is 2.27. The van der Waals surface area contributed by atoms with Gasteiger partial charge in [-0.15, -0.1) is 6.58 Å². The third-order valence-electron chi connectivity index (χ3n) is 3.91. The minimum Gasteiger partial charge on any atom is -0.369 e. The van der Waals surface area contributed by atoms with E-state index in [4.69, 9.17) is 5.73 Å². The average molecular weight is 253 g/mol. The number of amides is 2. The van der Waals surface area contributed by atoms with E-state index in [0.29, 0.717) is 19.0 Å². The van der Waals surface area contributed by atoms with Gasteiger partial charge in [0, 0.05) is 28.5 Å². The maximum Gasteiger partial charge on any atom is 0.225 e. The third-order valence-corrected chi connectivity index (χ3v) is 5.31. The van der Waals surface area contributed by atoms with Gasteiger partial charge in [0.1, 0.15) is 0 Å². The number of carbonyl (C=O) groups is 2. The van der Waals surface area contributed by atoms with E-state index < -0.39 is 5.91 Å². The number of rotatable bonds is 4. The van der Waals surface area contributed by atoms with Crippen molar-refractivity contribution in [2.75, 3.05) is 13.1 Å². The second-order valence-electron chi connectivity index (χ2n) is 5.23. The van der Waals surface area contributed by atoms with Crippen molar-refractivity contribution in [1.82, 2.24) is 10.6 Å². The minimum atomic E-state index is -0.395. The molecule has 0 spiro atoms. The van der Waals surface area contributed by atoms with E-state index in [-0.39, 0.29) is 22.9 Å². The highest BCUT2D eigenvalue weighted by Gasteiger charge is 2.50. The van der Waals surface area contributed by atoms with E-state index in [1.54, 1.807) is 0 Å². The Morgan fingerprint density at radius 1 is 1.47 bits per heavy atom. The standard InChI is InChI=1S/C11H19N3O2Si/c1-2-6-3-11(6,17)14-10(16)8-5-13-4-7(8)9(12)15/h2,6-8,13H,1,3-5H2,17H3,(H2,12,15)(H,14,16)/t6-,7+,8+,11+/m0/s1. The normalized spacial score (nSPS) is 39.9. The van der Waals surface area contributed by atoms with Crippen molar-refractivity contribution in [3.8, 4) is 0 Å². The summed E-state index contributed by atoms with van der Waals surface area (Å²) >= 11 is 0. The molecule has 0 bridgehead atoms.